The van der Waals surface area contributed by atoms with E-state index in [-0.39, 0.29) is 5.78 Å². The highest BCUT2D eigenvalue weighted by molar-refractivity contribution is 9.13. The van der Waals surface area contributed by atoms with Crippen molar-refractivity contribution in [2.24, 2.45) is 5.41 Å². The Kier molecular flexibility index (Phi) is 3.82. The molecular weight excluding hydrogens is 378 g/mol. The third-order valence-corrected chi connectivity index (χ3v) is 4.30. The number of halogens is 5. The first-order chi connectivity index (χ1) is 6.17. The van der Waals surface area contributed by atoms with Crippen molar-refractivity contribution in [3.63, 3.8) is 0 Å². The molecule has 0 heterocycles. The van der Waals surface area contributed by atoms with Gasteiger partial charge in [-0.3, -0.25) is 4.79 Å². The third kappa shape index (κ3) is 2.38. The summed E-state index contributed by atoms with van der Waals surface area (Å²) in [5, 5.41) is 0. The molecule has 0 saturated carbocycles. The summed E-state index contributed by atoms with van der Waals surface area (Å²) in [4.78, 5) is 11.4. The molecule has 1 nitrogen and oxygen atoms in total. The summed E-state index contributed by atoms with van der Waals surface area (Å²) in [6.45, 7) is 1.73. The Morgan fingerprint density at radius 1 is 1.21 bits per heavy atom. The highest BCUT2D eigenvalue weighted by atomic mass is 79.9. The van der Waals surface area contributed by atoms with E-state index in [1.54, 1.807) is 19.1 Å². The first-order valence-corrected chi connectivity index (χ1v) is 6.27. The molecular formula is C8H5Br2Cl3O. The molecule has 1 aliphatic rings. The first-order valence-electron chi connectivity index (χ1n) is 3.55. The van der Waals surface area contributed by atoms with Gasteiger partial charge in [-0.2, -0.15) is 0 Å². The molecule has 0 unspecified atom stereocenters. The van der Waals surface area contributed by atoms with Crippen LogP contribution in [0.5, 0.6) is 0 Å². The lowest BCUT2D eigenvalue weighted by atomic mass is 9.88. The summed E-state index contributed by atoms with van der Waals surface area (Å²) < 4.78 is -0.715. The lowest BCUT2D eigenvalue weighted by Gasteiger charge is -2.33. The number of hydrogen-bond donors (Lipinski definition) is 0. The largest absolute Gasteiger partial charge is 0.287 e. The third-order valence-electron chi connectivity index (χ3n) is 1.90. The minimum absolute atomic E-state index is 0.156. The van der Waals surface area contributed by atoms with Gasteiger partial charge in [-0.05, 0) is 38.8 Å². The molecule has 1 rings (SSSR count). The Bertz CT molecular complexity index is 319. The Morgan fingerprint density at radius 2 is 1.57 bits per heavy atom. The number of carbonyl (C=O) groups excluding carboxylic acids is 1. The molecule has 78 valence electrons. The van der Waals surface area contributed by atoms with Crippen molar-refractivity contribution in [2.75, 3.05) is 0 Å². The van der Waals surface area contributed by atoms with Gasteiger partial charge in [0.1, 0.15) is 0 Å². The standard InChI is InChI=1S/C8H5Br2Cl3O/c1-7(8(11,12)13)2-4(9)6(14)5(10)3-7/h2-3H,1H3. The molecule has 0 aromatic heterocycles. The van der Waals surface area contributed by atoms with Crippen LogP contribution in [0.15, 0.2) is 21.1 Å². The lowest BCUT2D eigenvalue weighted by molar-refractivity contribution is -0.111. The van der Waals surface area contributed by atoms with Crippen LogP contribution < -0.4 is 0 Å². The molecule has 0 bridgehead atoms. The summed E-state index contributed by atoms with van der Waals surface area (Å²) >= 11 is 23.7. The fourth-order valence-corrected chi connectivity index (χ4v) is 2.95. The second-order valence-electron chi connectivity index (χ2n) is 3.09. The van der Waals surface area contributed by atoms with E-state index in [0.29, 0.717) is 8.96 Å². The molecule has 0 aromatic rings. The normalized spacial score (nSPS) is 21.7. The molecule has 0 saturated heterocycles. The average Bonchev–Trinajstić information content (AvgIpc) is 1.98. The van der Waals surface area contributed by atoms with Gasteiger partial charge in [-0.15, -0.1) is 0 Å². The Hall–Kier alpha value is 0.980. The van der Waals surface area contributed by atoms with E-state index in [1.165, 1.54) is 0 Å². The van der Waals surface area contributed by atoms with Gasteiger partial charge in [0, 0.05) is 0 Å². The monoisotopic (exact) mass is 380 g/mol. The van der Waals surface area contributed by atoms with Crippen molar-refractivity contribution < 1.29 is 4.79 Å². The zero-order valence-electron chi connectivity index (χ0n) is 6.95. The summed E-state index contributed by atoms with van der Waals surface area (Å²) in [6.07, 6.45) is 3.18. The van der Waals surface area contributed by atoms with Crippen molar-refractivity contribution in [1.29, 1.82) is 0 Å². The lowest BCUT2D eigenvalue weighted by Crippen LogP contribution is -2.31. The molecule has 0 N–H and O–H groups in total. The molecule has 0 fully saturated rings. The van der Waals surface area contributed by atoms with Crippen molar-refractivity contribution in [2.45, 2.75) is 10.7 Å². The van der Waals surface area contributed by atoms with Crippen LogP contribution in [0.3, 0.4) is 0 Å². The van der Waals surface area contributed by atoms with Crippen LogP contribution in [0.4, 0.5) is 0 Å². The van der Waals surface area contributed by atoms with Gasteiger partial charge >= 0.3 is 0 Å². The van der Waals surface area contributed by atoms with Crippen molar-refractivity contribution in [3.8, 4) is 0 Å². The molecule has 0 atom stereocenters. The van der Waals surface area contributed by atoms with Crippen molar-refractivity contribution in [1.82, 2.24) is 0 Å². The highest BCUT2D eigenvalue weighted by Gasteiger charge is 2.44. The van der Waals surface area contributed by atoms with E-state index >= 15 is 0 Å². The van der Waals surface area contributed by atoms with Crippen molar-refractivity contribution >= 4 is 72.4 Å². The van der Waals surface area contributed by atoms with Crippen LogP contribution in [0, 0.1) is 5.41 Å². The molecule has 0 spiro atoms. The summed E-state index contributed by atoms with van der Waals surface area (Å²) in [5.74, 6) is -0.156. The molecule has 0 radical (unpaired) electrons. The predicted molar refractivity (Wildman–Crippen MR) is 67.4 cm³/mol. The van der Waals surface area contributed by atoms with E-state index in [0.717, 1.165) is 0 Å². The van der Waals surface area contributed by atoms with Crippen LogP contribution in [-0.4, -0.2) is 9.58 Å². The number of alkyl halides is 3. The Labute approximate surface area is 114 Å². The topological polar surface area (TPSA) is 17.1 Å². The van der Waals surface area contributed by atoms with E-state index in [9.17, 15) is 4.79 Å². The van der Waals surface area contributed by atoms with Crippen LogP contribution in [0.25, 0.3) is 0 Å². The van der Waals surface area contributed by atoms with Gasteiger partial charge in [-0.1, -0.05) is 47.0 Å². The molecule has 0 aromatic carbocycles. The van der Waals surface area contributed by atoms with Gasteiger partial charge in [0.05, 0.1) is 14.4 Å². The van der Waals surface area contributed by atoms with Gasteiger partial charge in [-0.25, -0.2) is 0 Å². The van der Waals surface area contributed by atoms with E-state index in [1.807, 2.05) is 0 Å². The van der Waals surface area contributed by atoms with Crippen molar-refractivity contribution in [3.05, 3.63) is 21.1 Å². The molecule has 6 heteroatoms. The minimum atomic E-state index is -1.49. The Balaban J connectivity index is 3.23. The zero-order valence-corrected chi connectivity index (χ0v) is 12.4. The maximum absolute atomic E-state index is 11.4. The van der Waals surface area contributed by atoms with E-state index in [4.69, 9.17) is 34.8 Å². The van der Waals surface area contributed by atoms with Crippen LogP contribution in [0.2, 0.25) is 0 Å². The molecule has 0 aliphatic heterocycles. The maximum Gasteiger partial charge on any atom is 0.206 e. The first kappa shape index (κ1) is 13.0. The maximum atomic E-state index is 11.4. The average molecular weight is 383 g/mol. The molecule has 0 amide bonds. The fraction of sp³-hybridized carbons (Fsp3) is 0.375. The van der Waals surface area contributed by atoms with Crippen LogP contribution in [-0.2, 0) is 4.79 Å². The molecule has 1 aliphatic carbocycles. The van der Waals surface area contributed by atoms with E-state index < -0.39 is 9.21 Å². The smallest absolute Gasteiger partial charge is 0.206 e. The van der Waals surface area contributed by atoms with Crippen LogP contribution >= 0.6 is 66.7 Å². The van der Waals surface area contributed by atoms with Gasteiger partial charge in [0.25, 0.3) is 0 Å². The minimum Gasteiger partial charge on any atom is -0.287 e. The van der Waals surface area contributed by atoms with Gasteiger partial charge in [0.15, 0.2) is 0 Å². The number of ketones is 1. The second kappa shape index (κ2) is 4.10. The summed E-state index contributed by atoms with van der Waals surface area (Å²) in [5.41, 5.74) is -0.802. The van der Waals surface area contributed by atoms with Gasteiger partial charge in [0.2, 0.25) is 9.58 Å². The number of allylic oxidation sites excluding steroid dienone is 4. The number of rotatable bonds is 0. The van der Waals surface area contributed by atoms with Crippen LogP contribution in [0.1, 0.15) is 6.92 Å². The summed E-state index contributed by atoms with van der Waals surface area (Å²) in [7, 11) is 0. The SMILES string of the molecule is CC1(C(Cl)(Cl)Cl)C=C(Br)C(=O)C(Br)=C1. The number of carbonyl (C=O) groups is 1. The molecule has 14 heavy (non-hydrogen) atoms. The fourth-order valence-electron chi connectivity index (χ4n) is 0.977. The number of Topliss-reactive ketones (excluding diaryl/α,β-unsaturated/α-hetero) is 1. The Morgan fingerprint density at radius 3 is 1.86 bits per heavy atom. The zero-order chi connectivity index (χ0) is 11.1. The predicted octanol–water partition coefficient (Wildman–Crippen LogP) is 4.50. The van der Waals surface area contributed by atoms with Gasteiger partial charge < -0.3 is 0 Å². The second-order valence-corrected chi connectivity index (χ2v) is 7.08. The highest BCUT2D eigenvalue weighted by Crippen LogP contribution is 2.50. The van der Waals surface area contributed by atoms with E-state index in [2.05, 4.69) is 31.9 Å². The quantitative estimate of drug-likeness (QED) is 0.563. The number of hydrogen-bond acceptors (Lipinski definition) is 1. The summed E-state index contributed by atoms with van der Waals surface area (Å²) in [6, 6.07) is 0.